The smallest absolute Gasteiger partial charge is 0.280 e. The summed E-state index contributed by atoms with van der Waals surface area (Å²) >= 11 is 0. The molecule has 1 aliphatic heterocycles. The molecule has 0 aliphatic carbocycles. The second-order valence-electron chi connectivity index (χ2n) is 8.46. The third kappa shape index (κ3) is 3.30. The first-order chi connectivity index (χ1) is 12.0. The maximum absolute atomic E-state index is 12.0. The van der Waals surface area contributed by atoms with Gasteiger partial charge in [0.25, 0.3) is 5.56 Å². The van der Waals surface area contributed by atoms with E-state index in [0.29, 0.717) is 12.1 Å². The molecule has 8 nitrogen and oxygen atoms in total. The summed E-state index contributed by atoms with van der Waals surface area (Å²) in [5.74, 6) is 0.0726. The van der Waals surface area contributed by atoms with Crippen LogP contribution in [0.5, 0.6) is 0 Å². The van der Waals surface area contributed by atoms with Gasteiger partial charge >= 0.3 is 0 Å². The zero-order chi connectivity index (χ0) is 19.3. The van der Waals surface area contributed by atoms with Crippen LogP contribution in [0, 0.1) is 0 Å². The average Bonchev–Trinajstić information content (AvgIpc) is 3.09. The number of hydrogen-bond donors (Lipinski definition) is 2. The Morgan fingerprint density at radius 3 is 2.77 bits per heavy atom. The highest BCUT2D eigenvalue weighted by Crippen LogP contribution is 2.41. The van der Waals surface area contributed by atoms with Crippen molar-refractivity contribution in [1.29, 1.82) is 0 Å². The van der Waals surface area contributed by atoms with Gasteiger partial charge < -0.3 is 14.9 Å². The zero-order valence-electron chi connectivity index (χ0n) is 16.4. The number of anilines is 1. The van der Waals surface area contributed by atoms with Crippen molar-refractivity contribution >= 4 is 25.4 Å². The molecule has 9 heteroatoms. The molecule has 0 spiro atoms. The molecule has 1 aliphatic rings. The van der Waals surface area contributed by atoms with E-state index in [-0.39, 0.29) is 40.5 Å². The Morgan fingerprint density at radius 2 is 2.15 bits per heavy atom. The molecule has 1 fully saturated rings. The molecule has 1 saturated heterocycles. The first-order valence-corrected chi connectivity index (χ1v) is 12.0. The lowest BCUT2D eigenvalue weighted by atomic mass is 10.1. The van der Waals surface area contributed by atoms with Crippen LogP contribution in [0.2, 0.25) is 18.1 Å². The van der Waals surface area contributed by atoms with Gasteiger partial charge in [-0.2, -0.15) is 4.98 Å². The fourth-order valence-corrected chi connectivity index (χ4v) is 4.43. The number of nitrogen functional groups attached to an aromatic ring is 1. The van der Waals surface area contributed by atoms with Gasteiger partial charge in [0.05, 0.1) is 18.5 Å². The van der Waals surface area contributed by atoms with Crippen molar-refractivity contribution in [2.75, 3.05) is 5.73 Å². The molecule has 3 atom stereocenters. The molecule has 1 unspecified atom stereocenters. The maximum atomic E-state index is 12.0. The number of nitrogens with two attached hydrogens (primary N) is 1. The largest absolute Gasteiger partial charge is 0.411 e. The van der Waals surface area contributed by atoms with Crippen LogP contribution >= 0.6 is 0 Å². The Morgan fingerprint density at radius 1 is 1.46 bits per heavy atom. The standard InChI is InChI=1S/C17H29N5O3Si/c1-7-10-11(25-26(5,6)17(2,3)4)8-12(24-10)22-9-19-13-14(22)20-16(18)21-15(13)23/h9-12H,7-8H2,1-6H3,(H3,18,20,21,23)/t10-,11?,12-/m1/s1. The van der Waals surface area contributed by atoms with Gasteiger partial charge in [0.15, 0.2) is 19.5 Å². The van der Waals surface area contributed by atoms with Crippen molar-refractivity contribution in [3.63, 3.8) is 0 Å². The lowest BCUT2D eigenvalue weighted by molar-refractivity contribution is -0.0161. The second-order valence-corrected chi connectivity index (χ2v) is 13.2. The third-order valence-corrected chi connectivity index (χ3v) is 10.1. The van der Waals surface area contributed by atoms with Gasteiger partial charge in [0, 0.05) is 6.42 Å². The van der Waals surface area contributed by atoms with Gasteiger partial charge in [0.2, 0.25) is 5.95 Å². The lowest BCUT2D eigenvalue weighted by Crippen LogP contribution is -2.45. The van der Waals surface area contributed by atoms with Gasteiger partial charge in [0.1, 0.15) is 6.23 Å². The third-order valence-electron chi connectivity index (χ3n) is 5.60. The first-order valence-electron chi connectivity index (χ1n) is 9.09. The van der Waals surface area contributed by atoms with Gasteiger partial charge in [-0.15, -0.1) is 0 Å². The number of rotatable bonds is 4. The second kappa shape index (κ2) is 6.47. The Bertz CT molecular complexity index is 854. The van der Waals surface area contributed by atoms with Crippen molar-refractivity contribution in [1.82, 2.24) is 19.5 Å². The predicted molar refractivity (Wildman–Crippen MR) is 103 cm³/mol. The Kier molecular flexibility index (Phi) is 4.74. The highest BCUT2D eigenvalue weighted by molar-refractivity contribution is 6.74. The minimum absolute atomic E-state index is 0.00548. The molecule has 2 aromatic rings. The van der Waals surface area contributed by atoms with E-state index in [9.17, 15) is 4.79 Å². The first kappa shape index (κ1) is 19.1. The average molecular weight is 380 g/mol. The fourth-order valence-electron chi connectivity index (χ4n) is 3.07. The highest BCUT2D eigenvalue weighted by atomic mass is 28.4. The summed E-state index contributed by atoms with van der Waals surface area (Å²) in [6.07, 6.45) is 2.91. The lowest BCUT2D eigenvalue weighted by Gasteiger charge is -2.39. The molecule has 3 N–H and O–H groups in total. The minimum Gasteiger partial charge on any atom is -0.411 e. The molecule has 0 saturated carbocycles. The van der Waals surface area contributed by atoms with Crippen molar-refractivity contribution < 1.29 is 9.16 Å². The number of aromatic amines is 1. The van der Waals surface area contributed by atoms with Crippen LogP contribution in [0.25, 0.3) is 11.2 Å². The van der Waals surface area contributed by atoms with E-state index in [2.05, 4.69) is 55.7 Å². The summed E-state index contributed by atoms with van der Waals surface area (Å²) in [4.78, 5) is 22.9. The van der Waals surface area contributed by atoms with E-state index in [4.69, 9.17) is 14.9 Å². The Labute approximate surface area is 154 Å². The number of aromatic nitrogens is 4. The number of fused-ring (bicyclic) bond motifs is 1. The fraction of sp³-hybridized carbons (Fsp3) is 0.706. The SMILES string of the molecule is CC[C@H]1O[C@@H](n2cnc3c(=O)[nH]c(N)nc32)CC1O[Si](C)(C)C(C)(C)C. The Balaban J connectivity index is 1.89. The molecule has 0 amide bonds. The van der Waals surface area contributed by atoms with Gasteiger partial charge in [-0.1, -0.05) is 27.7 Å². The van der Waals surface area contributed by atoms with Crippen LogP contribution in [-0.2, 0) is 9.16 Å². The molecule has 0 bridgehead atoms. The van der Waals surface area contributed by atoms with E-state index in [1.807, 2.05) is 0 Å². The predicted octanol–water partition coefficient (Wildman–Crippen LogP) is 2.79. The van der Waals surface area contributed by atoms with Crippen LogP contribution in [0.3, 0.4) is 0 Å². The summed E-state index contributed by atoms with van der Waals surface area (Å²) < 4.78 is 14.7. The zero-order valence-corrected chi connectivity index (χ0v) is 17.4. The monoisotopic (exact) mass is 379 g/mol. The van der Waals surface area contributed by atoms with E-state index in [0.717, 1.165) is 6.42 Å². The van der Waals surface area contributed by atoms with Crippen LogP contribution in [-0.4, -0.2) is 40.0 Å². The summed E-state index contributed by atoms with van der Waals surface area (Å²) in [6, 6.07) is 0. The van der Waals surface area contributed by atoms with Crippen molar-refractivity contribution in [2.45, 2.75) is 77.1 Å². The summed E-state index contributed by atoms with van der Waals surface area (Å²) in [5, 5.41) is 0.133. The number of imidazole rings is 1. The van der Waals surface area contributed by atoms with Gasteiger partial charge in [-0.05, 0) is 24.6 Å². The van der Waals surface area contributed by atoms with E-state index < -0.39 is 8.32 Å². The number of nitrogens with one attached hydrogen (secondary N) is 1. The molecule has 26 heavy (non-hydrogen) atoms. The quantitative estimate of drug-likeness (QED) is 0.791. The minimum atomic E-state index is -1.91. The van der Waals surface area contributed by atoms with E-state index in [1.165, 1.54) is 0 Å². The van der Waals surface area contributed by atoms with Crippen molar-refractivity contribution in [3.8, 4) is 0 Å². The van der Waals surface area contributed by atoms with Gasteiger partial charge in [-0.25, -0.2) is 4.98 Å². The normalized spacial score (nSPS) is 24.5. The molecular weight excluding hydrogens is 350 g/mol. The molecule has 0 aromatic carbocycles. The molecule has 2 aromatic heterocycles. The number of nitrogens with zero attached hydrogens (tertiary/aromatic N) is 3. The van der Waals surface area contributed by atoms with Crippen LogP contribution < -0.4 is 11.3 Å². The molecular formula is C17H29N5O3Si. The van der Waals surface area contributed by atoms with E-state index in [1.54, 1.807) is 10.9 Å². The van der Waals surface area contributed by atoms with Crippen molar-refractivity contribution in [2.24, 2.45) is 0 Å². The van der Waals surface area contributed by atoms with Crippen LogP contribution in [0.4, 0.5) is 5.95 Å². The maximum Gasteiger partial charge on any atom is 0.280 e. The molecule has 3 heterocycles. The number of H-pyrrole nitrogens is 1. The van der Waals surface area contributed by atoms with Crippen molar-refractivity contribution in [3.05, 3.63) is 16.7 Å². The molecule has 3 rings (SSSR count). The van der Waals surface area contributed by atoms with Crippen LogP contribution in [0.1, 0.15) is 46.8 Å². The topological polar surface area (TPSA) is 108 Å². The van der Waals surface area contributed by atoms with E-state index >= 15 is 0 Å². The number of hydrogen-bond acceptors (Lipinski definition) is 6. The van der Waals surface area contributed by atoms with Crippen LogP contribution in [0.15, 0.2) is 11.1 Å². The molecule has 144 valence electrons. The highest BCUT2D eigenvalue weighted by Gasteiger charge is 2.44. The van der Waals surface area contributed by atoms with Gasteiger partial charge in [-0.3, -0.25) is 14.3 Å². The summed E-state index contributed by atoms with van der Waals surface area (Å²) in [6.45, 7) is 13.3. The molecule has 0 radical (unpaired) electrons. The summed E-state index contributed by atoms with van der Waals surface area (Å²) in [5.41, 5.74) is 6.07. The summed E-state index contributed by atoms with van der Waals surface area (Å²) in [7, 11) is -1.91. The number of ether oxygens (including phenoxy) is 1. The Hall–Kier alpha value is -1.71.